The smallest absolute Gasteiger partial charge is 0.275 e. The number of aromatic nitrogens is 3. The number of carbonyl (C=O) groups excluding carboxylic acids is 1. The first kappa shape index (κ1) is 18.7. The Morgan fingerprint density at radius 2 is 2.07 bits per heavy atom. The van der Waals surface area contributed by atoms with Crippen molar-refractivity contribution in [1.29, 1.82) is 0 Å². The first-order chi connectivity index (χ1) is 14.1. The molecule has 0 bridgehead atoms. The normalized spacial score (nSPS) is 11.3. The van der Waals surface area contributed by atoms with Gasteiger partial charge in [-0.15, -0.1) is 11.3 Å². The van der Waals surface area contributed by atoms with Crippen LogP contribution in [0, 0.1) is 10.1 Å². The molecule has 0 unspecified atom stereocenters. The number of hydrogen-bond acceptors (Lipinski definition) is 7. The Morgan fingerprint density at radius 1 is 1.28 bits per heavy atom. The van der Waals surface area contributed by atoms with Gasteiger partial charge in [0.05, 0.1) is 28.5 Å². The average molecular weight is 406 g/mol. The van der Waals surface area contributed by atoms with Crippen LogP contribution in [0.2, 0.25) is 0 Å². The van der Waals surface area contributed by atoms with Crippen LogP contribution in [-0.4, -0.2) is 30.2 Å². The first-order valence-electron chi connectivity index (χ1n) is 8.55. The molecule has 0 aliphatic carbocycles. The summed E-state index contributed by atoms with van der Waals surface area (Å²) < 4.78 is 1.82. The molecule has 0 atom stereocenters. The number of carbonyl (C=O) groups is 1. The van der Waals surface area contributed by atoms with Crippen molar-refractivity contribution in [2.75, 3.05) is 0 Å². The van der Waals surface area contributed by atoms with Crippen molar-refractivity contribution in [3.8, 4) is 11.3 Å². The fourth-order valence-electron chi connectivity index (χ4n) is 2.96. The van der Waals surface area contributed by atoms with Gasteiger partial charge in [-0.05, 0) is 30.4 Å². The fraction of sp³-hybridized carbons (Fsp3) is 0.0500. The minimum atomic E-state index is -0.532. The number of nitro groups is 1. The van der Waals surface area contributed by atoms with Gasteiger partial charge in [0.1, 0.15) is 0 Å². The number of thiazole rings is 1. The maximum atomic E-state index is 12.4. The van der Waals surface area contributed by atoms with E-state index < -0.39 is 11.5 Å². The Bertz CT molecular complexity index is 1240. The molecule has 1 aromatic carbocycles. The van der Waals surface area contributed by atoms with Crippen LogP contribution in [-0.2, 0) is 6.61 Å². The van der Waals surface area contributed by atoms with E-state index in [0.717, 1.165) is 0 Å². The summed E-state index contributed by atoms with van der Waals surface area (Å²) in [5.74, 6) is -0.190. The number of ketones is 1. The lowest BCUT2D eigenvalue weighted by Crippen LogP contribution is -1.97. The highest BCUT2D eigenvalue weighted by atomic mass is 32.1. The van der Waals surface area contributed by atoms with Crippen molar-refractivity contribution < 1.29 is 14.8 Å². The molecule has 0 radical (unpaired) electrons. The van der Waals surface area contributed by atoms with Crippen molar-refractivity contribution in [2.45, 2.75) is 6.61 Å². The Balaban J connectivity index is 1.80. The van der Waals surface area contributed by atoms with E-state index in [0.29, 0.717) is 27.5 Å². The van der Waals surface area contributed by atoms with Crippen molar-refractivity contribution in [2.24, 2.45) is 0 Å². The molecule has 9 heteroatoms. The van der Waals surface area contributed by atoms with Crippen molar-refractivity contribution >= 4 is 33.8 Å². The van der Waals surface area contributed by atoms with Gasteiger partial charge < -0.3 is 5.11 Å². The van der Waals surface area contributed by atoms with Crippen molar-refractivity contribution in [1.82, 2.24) is 14.4 Å². The van der Waals surface area contributed by atoms with E-state index in [-0.39, 0.29) is 17.0 Å². The number of aliphatic hydroxyl groups is 1. The second-order valence-corrected chi connectivity index (χ2v) is 6.97. The summed E-state index contributed by atoms with van der Waals surface area (Å²) in [6.07, 6.45) is 8.01. The van der Waals surface area contributed by atoms with Gasteiger partial charge in [-0.3, -0.25) is 24.3 Å². The number of rotatable bonds is 6. The van der Waals surface area contributed by atoms with Crippen LogP contribution in [0.4, 0.5) is 5.69 Å². The Labute approximate surface area is 168 Å². The van der Waals surface area contributed by atoms with Gasteiger partial charge in [-0.25, -0.2) is 4.98 Å². The number of hydrogen-bond donors (Lipinski definition) is 1. The third-order valence-corrected chi connectivity index (χ3v) is 5.14. The molecule has 4 aromatic rings. The molecule has 0 saturated heterocycles. The summed E-state index contributed by atoms with van der Waals surface area (Å²) in [6.45, 7) is -0.429. The fourth-order valence-corrected chi connectivity index (χ4v) is 3.68. The van der Waals surface area contributed by atoms with E-state index in [1.54, 1.807) is 36.7 Å². The van der Waals surface area contributed by atoms with Crippen molar-refractivity contribution in [3.05, 3.63) is 87.3 Å². The first-order valence-corrected chi connectivity index (χ1v) is 9.43. The minimum Gasteiger partial charge on any atom is -0.391 e. The third kappa shape index (κ3) is 3.56. The highest BCUT2D eigenvalue weighted by Crippen LogP contribution is 2.31. The number of allylic oxidation sites excluding steroid dienone is 1. The minimum absolute atomic E-state index is 0.177. The van der Waals surface area contributed by atoms with E-state index in [1.165, 1.54) is 29.5 Å². The number of fused-ring (bicyclic) bond motifs is 1. The molecule has 0 aliphatic heterocycles. The number of pyridine rings is 1. The molecular formula is C20H14N4O4S. The topological polar surface area (TPSA) is 111 Å². The standard InChI is InChI=1S/C20H14N4O4S/c25-12-15-2-1-14(11-17(15)24(27)28)19-16(23-9-10-29-20(23)22-19)3-4-18(26)13-5-7-21-8-6-13/h1-11,25H,12H2/b4-3+. The van der Waals surface area contributed by atoms with Crippen LogP contribution in [0.5, 0.6) is 0 Å². The van der Waals surface area contributed by atoms with Crippen LogP contribution >= 0.6 is 11.3 Å². The van der Waals surface area contributed by atoms with E-state index in [9.17, 15) is 20.0 Å². The molecule has 8 nitrogen and oxygen atoms in total. The van der Waals surface area contributed by atoms with Crippen molar-refractivity contribution in [3.63, 3.8) is 0 Å². The molecule has 0 fully saturated rings. The quantitative estimate of drug-likeness (QED) is 0.226. The lowest BCUT2D eigenvalue weighted by Gasteiger charge is -2.04. The molecule has 3 heterocycles. The molecule has 0 amide bonds. The van der Waals surface area contributed by atoms with Gasteiger partial charge in [-0.1, -0.05) is 6.07 Å². The van der Waals surface area contributed by atoms with Gasteiger partial charge in [-0.2, -0.15) is 0 Å². The summed E-state index contributed by atoms with van der Waals surface area (Å²) in [4.78, 5) is 32.4. The SMILES string of the molecule is O=C(/C=C/c1c(-c2ccc(CO)c([N+](=O)[O-])c2)nc2sccn12)c1ccncc1. The Kier molecular flexibility index (Phi) is 4.98. The van der Waals surface area contributed by atoms with Crippen LogP contribution < -0.4 is 0 Å². The van der Waals surface area contributed by atoms with E-state index >= 15 is 0 Å². The number of nitrogens with zero attached hydrogens (tertiary/aromatic N) is 4. The highest BCUT2D eigenvalue weighted by molar-refractivity contribution is 7.15. The number of imidazole rings is 1. The third-order valence-electron chi connectivity index (χ3n) is 4.38. The molecule has 0 saturated carbocycles. The van der Waals surface area contributed by atoms with E-state index in [2.05, 4.69) is 9.97 Å². The van der Waals surface area contributed by atoms with Gasteiger partial charge in [0.15, 0.2) is 10.7 Å². The predicted octanol–water partition coefficient (Wildman–Crippen LogP) is 3.75. The lowest BCUT2D eigenvalue weighted by atomic mass is 10.0. The van der Waals surface area contributed by atoms with Gasteiger partial charge in [0.25, 0.3) is 5.69 Å². The predicted molar refractivity (Wildman–Crippen MR) is 109 cm³/mol. The molecule has 144 valence electrons. The number of benzene rings is 1. The van der Waals surface area contributed by atoms with Gasteiger partial charge >= 0.3 is 0 Å². The Morgan fingerprint density at radius 3 is 2.79 bits per heavy atom. The molecule has 4 rings (SSSR count). The lowest BCUT2D eigenvalue weighted by molar-refractivity contribution is -0.385. The molecule has 3 aromatic heterocycles. The molecule has 29 heavy (non-hydrogen) atoms. The summed E-state index contributed by atoms with van der Waals surface area (Å²) in [6, 6.07) is 7.83. The summed E-state index contributed by atoms with van der Waals surface area (Å²) >= 11 is 1.42. The second kappa shape index (κ2) is 7.74. The zero-order chi connectivity index (χ0) is 20.4. The van der Waals surface area contributed by atoms with Gasteiger partial charge in [0, 0.05) is 41.2 Å². The van der Waals surface area contributed by atoms with Crippen LogP contribution in [0.1, 0.15) is 21.6 Å². The number of aliphatic hydroxyl groups excluding tert-OH is 1. The average Bonchev–Trinajstić information content (AvgIpc) is 3.33. The Hall–Kier alpha value is -3.69. The van der Waals surface area contributed by atoms with E-state index in [4.69, 9.17) is 0 Å². The molecule has 0 spiro atoms. The maximum Gasteiger partial charge on any atom is 0.275 e. The van der Waals surface area contributed by atoms with Crippen LogP contribution in [0.25, 0.3) is 22.3 Å². The monoisotopic (exact) mass is 406 g/mol. The summed E-state index contributed by atoms with van der Waals surface area (Å²) in [7, 11) is 0. The molecule has 0 aliphatic rings. The zero-order valence-electron chi connectivity index (χ0n) is 14.9. The molecule has 1 N–H and O–H groups in total. The largest absolute Gasteiger partial charge is 0.391 e. The van der Waals surface area contributed by atoms with Crippen LogP contribution in [0.15, 0.2) is 60.4 Å². The summed E-state index contributed by atoms with van der Waals surface area (Å²) in [5, 5.41) is 22.6. The zero-order valence-corrected chi connectivity index (χ0v) is 15.7. The maximum absolute atomic E-state index is 12.4. The second-order valence-electron chi connectivity index (χ2n) is 6.09. The summed E-state index contributed by atoms with van der Waals surface area (Å²) in [5.41, 5.74) is 2.24. The van der Waals surface area contributed by atoms with Crippen LogP contribution in [0.3, 0.4) is 0 Å². The molecular weight excluding hydrogens is 392 g/mol. The number of nitro benzene ring substituents is 1. The highest BCUT2D eigenvalue weighted by Gasteiger charge is 2.19. The van der Waals surface area contributed by atoms with E-state index in [1.807, 2.05) is 16.0 Å². The van der Waals surface area contributed by atoms with Gasteiger partial charge in [0.2, 0.25) is 0 Å².